The molecule has 22 heavy (non-hydrogen) atoms. The highest BCUT2D eigenvalue weighted by Crippen LogP contribution is 2.20. The largest absolute Gasteiger partial charge is 0.322 e. The minimum Gasteiger partial charge on any atom is -0.322 e. The molecule has 0 bridgehead atoms. The van der Waals surface area contributed by atoms with Crippen LogP contribution in [0.5, 0.6) is 0 Å². The molecule has 1 heterocycles. The Labute approximate surface area is 127 Å². The van der Waals surface area contributed by atoms with Crippen molar-refractivity contribution in [3.05, 3.63) is 70.0 Å². The maximum Gasteiger partial charge on any atom is 0.266 e. The third-order valence-electron chi connectivity index (χ3n) is 3.63. The van der Waals surface area contributed by atoms with Crippen LogP contribution in [0.15, 0.2) is 47.3 Å². The molecule has 0 fully saturated rings. The van der Waals surface area contributed by atoms with Gasteiger partial charge in [-0.3, -0.25) is 9.36 Å². The van der Waals surface area contributed by atoms with E-state index in [2.05, 4.69) is 4.98 Å². The van der Waals surface area contributed by atoms with E-state index in [0.717, 1.165) is 0 Å². The SMILES string of the molecule is Cc1ccc(F)c2nc([C@H](C)N)n(-c3ccccc3)c(=O)c12. The summed E-state index contributed by atoms with van der Waals surface area (Å²) < 4.78 is 15.5. The Balaban J connectivity index is 2.51. The van der Waals surface area contributed by atoms with Crippen LogP contribution in [-0.4, -0.2) is 9.55 Å². The summed E-state index contributed by atoms with van der Waals surface area (Å²) in [5.41, 5.74) is 7.08. The summed E-state index contributed by atoms with van der Waals surface area (Å²) in [7, 11) is 0. The number of rotatable bonds is 2. The van der Waals surface area contributed by atoms with Gasteiger partial charge < -0.3 is 5.73 Å². The van der Waals surface area contributed by atoms with E-state index in [4.69, 9.17) is 5.73 Å². The first kappa shape index (κ1) is 14.4. The molecule has 3 rings (SSSR count). The van der Waals surface area contributed by atoms with Gasteiger partial charge >= 0.3 is 0 Å². The molecular formula is C17H16FN3O. The maximum absolute atomic E-state index is 14.1. The highest BCUT2D eigenvalue weighted by molar-refractivity contribution is 5.82. The molecule has 0 aliphatic heterocycles. The molecule has 3 aromatic rings. The van der Waals surface area contributed by atoms with Crippen molar-refractivity contribution in [3.8, 4) is 5.69 Å². The average molecular weight is 297 g/mol. The van der Waals surface area contributed by atoms with Gasteiger partial charge in [-0.1, -0.05) is 24.3 Å². The molecule has 0 radical (unpaired) electrons. The van der Waals surface area contributed by atoms with E-state index in [1.54, 1.807) is 32.0 Å². The molecule has 0 aliphatic rings. The lowest BCUT2D eigenvalue weighted by Gasteiger charge is -2.16. The fraction of sp³-hybridized carbons (Fsp3) is 0.176. The Bertz CT molecular complexity index is 901. The van der Waals surface area contributed by atoms with Crippen LogP contribution in [-0.2, 0) is 0 Å². The third kappa shape index (κ3) is 2.19. The van der Waals surface area contributed by atoms with Gasteiger partial charge in [-0.25, -0.2) is 9.37 Å². The molecule has 4 nitrogen and oxygen atoms in total. The third-order valence-corrected chi connectivity index (χ3v) is 3.63. The van der Waals surface area contributed by atoms with Crippen molar-refractivity contribution >= 4 is 10.9 Å². The van der Waals surface area contributed by atoms with Gasteiger partial charge in [0.25, 0.3) is 5.56 Å². The lowest BCUT2D eigenvalue weighted by atomic mass is 10.1. The smallest absolute Gasteiger partial charge is 0.266 e. The van der Waals surface area contributed by atoms with Crippen LogP contribution in [0.4, 0.5) is 4.39 Å². The molecule has 0 spiro atoms. The van der Waals surface area contributed by atoms with Crippen LogP contribution in [0.1, 0.15) is 24.4 Å². The molecule has 1 aromatic heterocycles. The number of aromatic nitrogens is 2. The van der Waals surface area contributed by atoms with E-state index in [0.29, 0.717) is 17.1 Å². The minimum atomic E-state index is -0.514. The van der Waals surface area contributed by atoms with Crippen molar-refractivity contribution < 1.29 is 4.39 Å². The topological polar surface area (TPSA) is 60.9 Å². The molecule has 0 saturated heterocycles. The number of benzene rings is 2. The Morgan fingerprint density at radius 1 is 1.18 bits per heavy atom. The van der Waals surface area contributed by atoms with Gasteiger partial charge in [0.2, 0.25) is 0 Å². The number of fused-ring (bicyclic) bond motifs is 1. The zero-order chi connectivity index (χ0) is 15.9. The quantitative estimate of drug-likeness (QED) is 0.791. The highest BCUT2D eigenvalue weighted by Gasteiger charge is 2.18. The predicted molar refractivity (Wildman–Crippen MR) is 84.6 cm³/mol. The lowest BCUT2D eigenvalue weighted by molar-refractivity contribution is 0.629. The van der Waals surface area contributed by atoms with Crippen LogP contribution >= 0.6 is 0 Å². The molecule has 0 unspecified atom stereocenters. The van der Waals surface area contributed by atoms with E-state index in [9.17, 15) is 9.18 Å². The summed E-state index contributed by atoms with van der Waals surface area (Å²) in [5, 5.41) is 0.285. The number of hydrogen-bond donors (Lipinski definition) is 1. The number of hydrogen-bond acceptors (Lipinski definition) is 3. The van der Waals surface area contributed by atoms with Gasteiger partial charge in [-0.2, -0.15) is 0 Å². The molecule has 2 aromatic carbocycles. The summed E-state index contributed by atoms with van der Waals surface area (Å²) in [6, 6.07) is 11.5. The van der Waals surface area contributed by atoms with Crippen molar-refractivity contribution in [1.82, 2.24) is 9.55 Å². The molecule has 1 atom stereocenters. The summed E-state index contributed by atoms with van der Waals surface area (Å²) in [4.78, 5) is 17.3. The van der Waals surface area contributed by atoms with E-state index in [-0.39, 0.29) is 16.5 Å². The first-order valence-corrected chi connectivity index (χ1v) is 7.03. The Kier molecular flexibility index (Phi) is 3.50. The van der Waals surface area contributed by atoms with Gasteiger partial charge in [0, 0.05) is 0 Å². The zero-order valence-corrected chi connectivity index (χ0v) is 12.4. The number of nitrogens with zero attached hydrogens (tertiary/aromatic N) is 2. The van der Waals surface area contributed by atoms with Crippen molar-refractivity contribution in [1.29, 1.82) is 0 Å². The first-order valence-electron chi connectivity index (χ1n) is 7.03. The van der Waals surface area contributed by atoms with Gasteiger partial charge in [0.05, 0.1) is 17.1 Å². The number of para-hydroxylation sites is 1. The summed E-state index contributed by atoms with van der Waals surface area (Å²) in [6.45, 7) is 3.49. The zero-order valence-electron chi connectivity index (χ0n) is 12.4. The molecule has 112 valence electrons. The fourth-order valence-corrected chi connectivity index (χ4v) is 2.56. The minimum absolute atomic E-state index is 0.0736. The van der Waals surface area contributed by atoms with Gasteiger partial charge in [0.1, 0.15) is 17.2 Å². The van der Waals surface area contributed by atoms with Gasteiger partial charge in [-0.15, -0.1) is 0 Å². The average Bonchev–Trinajstić information content (AvgIpc) is 2.51. The normalized spacial score (nSPS) is 12.5. The molecule has 0 aliphatic carbocycles. The van der Waals surface area contributed by atoms with Crippen LogP contribution in [0, 0.1) is 12.7 Å². The Morgan fingerprint density at radius 3 is 2.50 bits per heavy atom. The van der Waals surface area contributed by atoms with Crippen LogP contribution < -0.4 is 11.3 Å². The molecule has 2 N–H and O–H groups in total. The van der Waals surface area contributed by atoms with E-state index < -0.39 is 11.9 Å². The summed E-state index contributed by atoms with van der Waals surface area (Å²) >= 11 is 0. The van der Waals surface area contributed by atoms with E-state index in [1.165, 1.54) is 10.6 Å². The molecule has 5 heteroatoms. The Morgan fingerprint density at radius 2 is 1.86 bits per heavy atom. The second-order valence-corrected chi connectivity index (χ2v) is 5.32. The maximum atomic E-state index is 14.1. The predicted octanol–water partition coefficient (Wildman–Crippen LogP) is 2.85. The van der Waals surface area contributed by atoms with Crippen molar-refractivity contribution in [2.24, 2.45) is 5.73 Å². The summed E-state index contributed by atoms with van der Waals surface area (Å²) in [6.07, 6.45) is 0. The Hall–Kier alpha value is -2.53. The van der Waals surface area contributed by atoms with Gasteiger partial charge in [0.15, 0.2) is 0 Å². The monoisotopic (exact) mass is 297 g/mol. The van der Waals surface area contributed by atoms with E-state index in [1.807, 2.05) is 18.2 Å². The standard InChI is InChI=1S/C17H16FN3O/c1-10-8-9-13(18)15-14(10)17(22)21(16(20-15)11(2)19)12-6-4-3-5-7-12/h3-9,11H,19H2,1-2H3/t11-/m0/s1. The molecule has 0 saturated carbocycles. The lowest BCUT2D eigenvalue weighted by Crippen LogP contribution is -2.28. The number of aryl methyl sites for hydroxylation is 1. The van der Waals surface area contributed by atoms with Crippen LogP contribution in [0.25, 0.3) is 16.6 Å². The van der Waals surface area contributed by atoms with Crippen molar-refractivity contribution in [2.45, 2.75) is 19.9 Å². The highest BCUT2D eigenvalue weighted by atomic mass is 19.1. The second kappa shape index (κ2) is 5.35. The fourth-order valence-electron chi connectivity index (χ4n) is 2.56. The summed E-state index contributed by atoms with van der Waals surface area (Å²) in [5.74, 6) is -0.173. The van der Waals surface area contributed by atoms with E-state index >= 15 is 0 Å². The van der Waals surface area contributed by atoms with Crippen molar-refractivity contribution in [3.63, 3.8) is 0 Å². The number of halogens is 1. The van der Waals surface area contributed by atoms with Gasteiger partial charge in [-0.05, 0) is 37.6 Å². The van der Waals surface area contributed by atoms with Crippen molar-refractivity contribution in [2.75, 3.05) is 0 Å². The van der Waals surface area contributed by atoms with Crippen LogP contribution in [0.2, 0.25) is 0 Å². The molecule has 0 amide bonds. The molecular weight excluding hydrogens is 281 g/mol. The second-order valence-electron chi connectivity index (χ2n) is 5.32. The first-order chi connectivity index (χ1) is 10.5. The van der Waals surface area contributed by atoms with Crippen LogP contribution in [0.3, 0.4) is 0 Å². The number of nitrogens with two attached hydrogens (primary N) is 1.